The quantitative estimate of drug-likeness (QED) is 0.178. The van der Waals surface area contributed by atoms with Gasteiger partial charge >= 0.3 is 0 Å². The fraction of sp³-hybridized carbons (Fsp3) is 0.438. The van der Waals surface area contributed by atoms with E-state index in [1.807, 2.05) is 6.07 Å². The minimum atomic E-state index is 0.220. The number of fused-ring (bicyclic) bond motifs is 1. The van der Waals surface area contributed by atoms with Gasteiger partial charge in [0.1, 0.15) is 12.2 Å². The maximum Gasteiger partial charge on any atom is 0.136 e. The summed E-state index contributed by atoms with van der Waals surface area (Å²) in [5, 5.41) is 16.4. The molecule has 6 N–H and O–H groups in total. The molecule has 0 unspecified atom stereocenters. The van der Waals surface area contributed by atoms with E-state index < -0.39 is 0 Å². The second-order valence-electron chi connectivity index (χ2n) is 11.4. The number of benzene rings is 2. The monoisotopic (exact) mass is 559 g/mol. The lowest BCUT2D eigenvalue weighted by atomic mass is 9.92. The van der Waals surface area contributed by atoms with Crippen molar-refractivity contribution in [1.29, 1.82) is 5.41 Å². The number of aromatic amines is 1. The van der Waals surface area contributed by atoms with Crippen LogP contribution >= 0.6 is 11.6 Å². The standard InChI is InChI=1S/C32H42ClN7/c1-21(34)5-3-6-23-15-25(17-27(33)16-23)31-18-26-19-40(20-37-32(26)39-31)29-11-9-24(10-12-29)30-8-4-7-28(38-30)13-14-36-22(2)35/h9-12,15-19,21,28,30,38H,3-8,13-14,20,34H2,1-2H3,(H2,35,36)(H,37,39)/t21-,28-,30-/m0/s1. The Kier molecular flexibility index (Phi) is 9.25. The van der Waals surface area contributed by atoms with E-state index in [1.54, 1.807) is 6.92 Å². The van der Waals surface area contributed by atoms with Crippen molar-refractivity contribution in [3.63, 3.8) is 0 Å². The Morgan fingerprint density at radius 1 is 1.20 bits per heavy atom. The van der Waals surface area contributed by atoms with Crippen LogP contribution in [-0.4, -0.2) is 36.1 Å². The number of amidine groups is 1. The summed E-state index contributed by atoms with van der Waals surface area (Å²) >= 11 is 6.49. The third-order valence-corrected chi connectivity index (χ3v) is 8.11. The molecule has 212 valence electrons. The third kappa shape index (κ3) is 7.33. The summed E-state index contributed by atoms with van der Waals surface area (Å²) in [5.74, 6) is 0.537. The van der Waals surface area contributed by atoms with Crippen LogP contribution in [0, 0.1) is 5.41 Å². The zero-order valence-electron chi connectivity index (χ0n) is 23.6. The molecular formula is C32H42ClN7. The smallest absolute Gasteiger partial charge is 0.136 e. The van der Waals surface area contributed by atoms with Crippen molar-refractivity contribution >= 4 is 29.3 Å². The number of aryl methyl sites for hydroxylation is 1. The van der Waals surface area contributed by atoms with Crippen molar-refractivity contribution in [3.05, 3.63) is 75.4 Å². The Morgan fingerprint density at radius 2 is 2.02 bits per heavy atom. The second-order valence-corrected chi connectivity index (χ2v) is 11.8. The molecule has 0 radical (unpaired) electrons. The highest BCUT2D eigenvalue weighted by molar-refractivity contribution is 6.30. The number of nitrogens with one attached hydrogen (secondary N) is 4. The Hall–Kier alpha value is -3.13. The number of hydrogen-bond donors (Lipinski definition) is 5. The average molecular weight is 560 g/mol. The van der Waals surface area contributed by atoms with E-state index in [9.17, 15) is 0 Å². The fourth-order valence-electron chi connectivity index (χ4n) is 5.78. The molecule has 0 amide bonds. The minimum Gasteiger partial charge on any atom is -0.374 e. The van der Waals surface area contributed by atoms with Gasteiger partial charge in [-0.15, -0.1) is 0 Å². The first-order valence-corrected chi connectivity index (χ1v) is 14.9. The molecule has 3 heterocycles. The van der Waals surface area contributed by atoms with Gasteiger partial charge in [0.25, 0.3) is 0 Å². The third-order valence-electron chi connectivity index (χ3n) is 7.89. The highest BCUT2D eigenvalue weighted by Crippen LogP contribution is 2.29. The molecule has 2 aliphatic heterocycles. The van der Waals surface area contributed by atoms with Gasteiger partial charge in [-0.3, -0.25) is 5.41 Å². The average Bonchev–Trinajstić information content (AvgIpc) is 3.36. The number of piperidine rings is 1. The van der Waals surface area contributed by atoms with E-state index in [2.05, 4.69) is 76.1 Å². The van der Waals surface area contributed by atoms with E-state index in [0.717, 1.165) is 71.3 Å². The SMILES string of the molecule is CC(=N)NCC[C@@H]1CCC[C@@H](c2ccc(N3C=c4cc(-c5cc(Cl)cc(CCC[C@H](C)N)c5)[nH]c4=NC3)cc2)N1. The predicted octanol–water partition coefficient (Wildman–Crippen LogP) is 5.00. The van der Waals surface area contributed by atoms with Crippen molar-refractivity contribution in [3.8, 4) is 11.3 Å². The van der Waals surface area contributed by atoms with Crippen molar-refractivity contribution in [2.24, 2.45) is 10.7 Å². The first-order valence-electron chi connectivity index (χ1n) is 14.6. The predicted molar refractivity (Wildman–Crippen MR) is 166 cm³/mol. The lowest BCUT2D eigenvalue weighted by Crippen LogP contribution is -2.39. The number of hydrogen-bond acceptors (Lipinski definition) is 5. The zero-order chi connectivity index (χ0) is 28.1. The first kappa shape index (κ1) is 28.4. The molecule has 1 saturated heterocycles. The van der Waals surface area contributed by atoms with Crippen molar-refractivity contribution in [2.75, 3.05) is 18.1 Å². The van der Waals surface area contributed by atoms with Crippen LogP contribution in [0.5, 0.6) is 0 Å². The van der Waals surface area contributed by atoms with Crippen LogP contribution in [0.2, 0.25) is 5.02 Å². The molecule has 3 aromatic rings. The van der Waals surface area contributed by atoms with Crippen LogP contribution in [0.25, 0.3) is 17.5 Å². The summed E-state index contributed by atoms with van der Waals surface area (Å²) in [6, 6.07) is 18.4. The van der Waals surface area contributed by atoms with Gasteiger partial charge in [-0.1, -0.05) is 30.2 Å². The Morgan fingerprint density at radius 3 is 2.80 bits per heavy atom. The molecule has 2 aliphatic rings. The van der Waals surface area contributed by atoms with Crippen LogP contribution < -0.4 is 32.0 Å². The van der Waals surface area contributed by atoms with Gasteiger partial charge in [0.15, 0.2) is 0 Å². The van der Waals surface area contributed by atoms with Crippen LogP contribution in [-0.2, 0) is 6.42 Å². The van der Waals surface area contributed by atoms with Gasteiger partial charge in [0.05, 0.1) is 5.84 Å². The number of rotatable bonds is 10. The number of H-pyrrole nitrogens is 1. The van der Waals surface area contributed by atoms with E-state index in [1.165, 1.54) is 24.0 Å². The lowest BCUT2D eigenvalue weighted by Gasteiger charge is -2.32. The maximum atomic E-state index is 7.56. The van der Waals surface area contributed by atoms with Gasteiger partial charge in [0.2, 0.25) is 0 Å². The van der Waals surface area contributed by atoms with Gasteiger partial charge in [-0.05, 0) is 105 Å². The fourth-order valence-corrected chi connectivity index (χ4v) is 6.03. The number of aromatic nitrogens is 1. The van der Waals surface area contributed by atoms with Crippen LogP contribution in [0.3, 0.4) is 0 Å². The molecule has 7 nitrogen and oxygen atoms in total. The lowest BCUT2D eigenvalue weighted by molar-refractivity contribution is 0.312. The molecule has 40 heavy (non-hydrogen) atoms. The normalized spacial score (nSPS) is 19.4. The molecule has 2 aromatic carbocycles. The molecule has 1 aromatic heterocycles. The first-order chi connectivity index (χ1) is 19.3. The van der Waals surface area contributed by atoms with Crippen molar-refractivity contribution < 1.29 is 0 Å². The largest absolute Gasteiger partial charge is 0.374 e. The van der Waals surface area contributed by atoms with Gasteiger partial charge in [-0.25, -0.2) is 4.99 Å². The molecule has 8 heteroatoms. The Bertz CT molecular complexity index is 1430. The minimum absolute atomic E-state index is 0.220. The molecule has 0 spiro atoms. The van der Waals surface area contributed by atoms with Crippen molar-refractivity contribution in [2.45, 2.75) is 76.9 Å². The maximum absolute atomic E-state index is 7.56. The van der Waals surface area contributed by atoms with Gasteiger partial charge in [0, 0.05) is 52.5 Å². The van der Waals surface area contributed by atoms with E-state index in [0.29, 0.717) is 24.6 Å². The molecule has 0 saturated carbocycles. The molecule has 1 fully saturated rings. The Balaban J connectivity index is 1.26. The Labute approximate surface area is 242 Å². The summed E-state index contributed by atoms with van der Waals surface area (Å²) in [6.45, 7) is 5.27. The molecule has 5 rings (SSSR count). The summed E-state index contributed by atoms with van der Waals surface area (Å²) in [4.78, 5) is 10.5. The van der Waals surface area contributed by atoms with Gasteiger partial charge < -0.3 is 26.3 Å². The number of anilines is 1. The highest BCUT2D eigenvalue weighted by atomic mass is 35.5. The van der Waals surface area contributed by atoms with E-state index >= 15 is 0 Å². The van der Waals surface area contributed by atoms with Crippen LogP contribution in [0.1, 0.15) is 69.5 Å². The van der Waals surface area contributed by atoms with Gasteiger partial charge in [-0.2, -0.15) is 0 Å². The molecule has 3 atom stereocenters. The molecule has 0 bridgehead atoms. The molecule has 0 aliphatic carbocycles. The van der Waals surface area contributed by atoms with Crippen LogP contribution in [0.15, 0.2) is 53.5 Å². The summed E-state index contributed by atoms with van der Waals surface area (Å²) in [6.07, 6.45) is 9.83. The van der Waals surface area contributed by atoms with Crippen LogP contribution in [0.4, 0.5) is 5.69 Å². The summed E-state index contributed by atoms with van der Waals surface area (Å²) < 4.78 is 0. The highest BCUT2D eigenvalue weighted by Gasteiger charge is 2.22. The number of nitrogens with two attached hydrogens (primary N) is 1. The van der Waals surface area contributed by atoms with Crippen molar-refractivity contribution in [1.82, 2.24) is 15.6 Å². The molecular weight excluding hydrogens is 518 g/mol. The second kappa shape index (κ2) is 13.0. The topological polar surface area (TPSA) is 105 Å². The van der Waals surface area contributed by atoms with E-state index in [-0.39, 0.29) is 6.04 Å². The number of nitrogens with zero attached hydrogens (tertiary/aromatic N) is 2. The number of halogens is 1. The summed E-state index contributed by atoms with van der Waals surface area (Å²) in [7, 11) is 0. The summed E-state index contributed by atoms with van der Waals surface area (Å²) in [5.41, 5.74) is 12.7. The van der Waals surface area contributed by atoms with E-state index in [4.69, 9.17) is 27.7 Å². The zero-order valence-corrected chi connectivity index (χ0v) is 24.4.